The summed E-state index contributed by atoms with van der Waals surface area (Å²) in [5.41, 5.74) is 1.09. The lowest BCUT2D eigenvalue weighted by molar-refractivity contribution is -0.149. The van der Waals surface area contributed by atoms with E-state index in [4.69, 9.17) is 0 Å². The molecule has 1 heterocycles. The molecule has 0 spiro atoms. The topological polar surface area (TPSA) is 116 Å². The number of hydrogen-bond donors (Lipinski definition) is 3. The van der Waals surface area contributed by atoms with E-state index >= 15 is 0 Å². The first-order chi connectivity index (χ1) is 14.9. The largest absolute Gasteiger partial charge is 0.394 e. The van der Waals surface area contributed by atoms with Crippen molar-refractivity contribution in [2.24, 2.45) is 0 Å². The third-order valence-corrected chi connectivity index (χ3v) is 5.43. The number of ketones is 1. The molecule has 1 unspecified atom stereocenters. The molecule has 3 amide bonds. The van der Waals surface area contributed by atoms with E-state index in [1.54, 1.807) is 0 Å². The van der Waals surface area contributed by atoms with E-state index < -0.39 is 36.3 Å². The Balaban J connectivity index is 1.56. The second kappa shape index (κ2) is 10.2. The molecule has 3 rings (SSSR count). The number of rotatable bonds is 8. The van der Waals surface area contributed by atoms with Crippen LogP contribution in [0.4, 0.5) is 0 Å². The van der Waals surface area contributed by atoms with Gasteiger partial charge in [0.25, 0.3) is 5.91 Å². The molecular weight excluding hydrogens is 398 g/mol. The molecule has 1 fully saturated rings. The summed E-state index contributed by atoms with van der Waals surface area (Å²) in [5.74, 6) is -2.61. The van der Waals surface area contributed by atoms with Crippen molar-refractivity contribution in [1.82, 2.24) is 15.5 Å². The molecule has 1 aliphatic heterocycles. The smallest absolute Gasteiger partial charge is 0.292 e. The van der Waals surface area contributed by atoms with Gasteiger partial charge >= 0.3 is 0 Å². The first-order valence-electron chi connectivity index (χ1n) is 10.4. The van der Waals surface area contributed by atoms with Crippen LogP contribution in [0, 0.1) is 0 Å². The molecule has 8 nitrogen and oxygen atoms in total. The number of aliphatic hydroxyl groups excluding tert-OH is 1. The standard InChI is InChI=1S/C23H27N3O5/c1-15(28)25-19(14-27)21(29)23(31)26-12-4-7-20(26)22(30)24-11-10-16-8-9-17-5-2-3-6-18(17)13-16/h2-3,5-6,8-9,13,19-20,27H,4,7,10-12,14H2,1H3,(H,24,30)(H,25,28)/t19?,20-/m0/s1. The zero-order valence-corrected chi connectivity index (χ0v) is 17.5. The summed E-state index contributed by atoms with van der Waals surface area (Å²) in [5, 5.41) is 16.7. The summed E-state index contributed by atoms with van der Waals surface area (Å²) >= 11 is 0. The highest BCUT2D eigenvalue weighted by Gasteiger charge is 2.38. The summed E-state index contributed by atoms with van der Waals surface area (Å²) in [7, 11) is 0. The number of carbonyl (C=O) groups is 4. The zero-order chi connectivity index (χ0) is 22.4. The van der Waals surface area contributed by atoms with Crippen LogP contribution in [0.1, 0.15) is 25.3 Å². The number of aliphatic hydroxyl groups is 1. The molecular formula is C23H27N3O5. The molecule has 1 saturated heterocycles. The molecule has 31 heavy (non-hydrogen) atoms. The molecule has 2 aromatic rings. The van der Waals surface area contributed by atoms with Crippen molar-refractivity contribution >= 4 is 34.3 Å². The van der Waals surface area contributed by atoms with Crippen LogP contribution in [-0.4, -0.2) is 65.3 Å². The predicted molar refractivity (Wildman–Crippen MR) is 115 cm³/mol. The van der Waals surface area contributed by atoms with Gasteiger partial charge in [-0.05, 0) is 35.6 Å². The van der Waals surface area contributed by atoms with Crippen molar-refractivity contribution in [2.75, 3.05) is 19.7 Å². The number of hydrogen-bond acceptors (Lipinski definition) is 5. The Labute approximate surface area is 180 Å². The monoisotopic (exact) mass is 425 g/mol. The molecule has 0 aliphatic carbocycles. The highest BCUT2D eigenvalue weighted by molar-refractivity contribution is 6.38. The van der Waals surface area contributed by atoms with Crippen molar-refractivity contribution in [2.45, 2.75) is 38.3 Å². The van der Waals surface area contributed by atoms with E-state index in [2.05, 4.69) is 16.7 Å². The van der Waals surface area contributed by atoms with Crippen molar-refractivity contribution in [1.29, 1.82) is 0 Å². The molecule has 0 bridgehead atoms. The fourth-order valence-corrected chi connectivity index (χ4v) is 3.85. The molecule has 0 aromatic heterocycles. The summed E-state index contributed by atoms with van der Waals surface area (Å²) in [6.07, 6.45) is 1.71. The molecule has 8 heteroatoms. The van der Waals surface area contributed by atoms with Crippen molar-refractivity contribution in [3.05, 3.63) is 48.0 Å². The molecule has 0 saturated carbocycles. The van der Waals surface area contributed by atoms with E-state index in [1.807, 2.05) is 36.4 Å². The molecule has 2 atom stereocenters. The maximum Gasteiger partial charge on any atom is 0.292 e. The number of nitrogens with zero attached hydrogens (tertiary/aromatic N) is 1. The van der Waals surface area contributed by atoms with Crippen molar-refractivity contribution in [3.63, 3.8) is 0 Å². The maximum atomic E-state index is 12.7. The average Bonchev–Trinajstić information content (AvgIpc) is 3.26. The highest BCUT2D eigenvalue weighted by Crippen LogP contribution is 2.19. The predicted octanol–water partition coefficient (Wildman–Crippen LogP) is 0.556. The quantitative estimate of drug-likeness (QED) is 0.535. The Hall–Kier alpha value is -3.26. The minimum Gasteiger partial charge on any atom is -0.394 e. The van der Waals surface area contributed by atoms with Crippen LogP contribution in [-0.2, 0) is 25.6 Å². The Bertz CT molecular complexity index is 990. The highest BCUT2D eigenvalue weighted by atomic mass is 16.3. The van der Waals surface area contributed by atoms with Crippen LogP contribution in [0.25, 0.3) is 10.8 Å². The first-order valence-corrected chi connectivity index (χ1v) is 10.4. The van der Waals surface area contributed by atoms with Gasteiger partial charge in [0, 0.05) is 20.0 Å². The molecule has 2 aromatic carbocycles. The van der Waals surface area contributed by atoms with Gasteiger partial charge in [0.15, 0.2) is 0 Å². The molecule has 1 aliphatic rings. The van der Waals surface area contributed by atoms with Crippen LogP contribution in [0.5, 0.6) is 0 Å². The summed E-state index contributed by atoms with van der Waals surface area (Å²) in [6, 6.07) is 12.2. The van der Waals surface area contributed by atoms with Gasteiger partial charge in [-0.2, -0.15) is 0 Å². The molecule has 164 valence electrons. The third kappa shape index (κ3) is 5.46. The number of benzene rings is 2. The van der Waals surface area contributed by atoms with Gasteiger partial charge in [-0.25, -0.2) is 0 Å². The summed E-state index contributed by atoms with van der Waals surface area (Å²) in [6.45, 7) is 1.21. The second-order valence-electron chi connectivity index (χ2n) is 7.68. The van der Waals surface area contributed by atoms with Gasteiger partial charge in [-0.3, -0.25) is 19.2 Å². The Kier molecular flexibility index (Phi) is 7.36. The normalized spacial score (nSPS) is 16.7. The fraction of sp³-hybridized carbons (Fsp3) is 0.391. The number of carbonyl (C=O) groups excluding carboxylic acids is 4. The fourth-order valence-electron chi connectivity index (χ4n) is 3.85. The van der Waals surface area contributed by atoms with E-state index in [1.165, 1.54) is 11.8 Å². The lowest BCUT2D eigenvalue weighted by atomic mass is 10.1. The number of likely N-dealkylation sites (tertiary alicyclic amines) is 1. The number of nitrogens with one attached hydrogen (secondary N) is 2. The SMILES string of the molecule is CC(=O)NC(CO)C(=O)C(=O)N1CCC[C@H]1C(=O)NCCc1ccc2ccccc2c1. The Morgan fingerprint density at radius 1 is 1.13 bits per heavy atom. The maximum absolute atomic E-state index is 12.7. The second-order valence-corrected chi connectivity index (χ2v) is 7.68. The van der Waals surface area contributed by atoms with Gasteiger partial charge in [0.1, 0.15) is 12.1 Å². The van der Waals surface area contributed by atoms with Gasteiger partial charge in [-0.1, -0.05) is 42.5 Å². The van der Waals surface area contributed by atoms with Crippen LogP contribution in [0.2, 0.25) is 0 Å². The summed E-state index contributed by atoms with van der Waals surface area (Å²) in [4.78, 5) is 50.0. The van der Waals surface area contributed by atoms with Crippen LogP contribution < -0.4 is 10.6 Å². The van der Waals surface area contributed by atoms with Gasteiger partial charge in [0.05, 0.1) is 6.61 Å². The lowest BCUT2D eigenvalue weighted by Crippen LogP contribution is -2.53. The van der Waals surface area contributed by atoms with E-state index in [-0.39, 0.29) is 12.5 Å². The van der Waals surface area contributed by atoms with Crippen molar-refractivity contribution < 1.29 is 24.3 Å². The zero-order valence-electron chi connectivity index (χ0n) is 17.5. The van der Waals surface area contributed by atoms with Gasteiger partial charge < -0.3 is 20.6 Å². The Morgan fingerprint density at radius 3 is 2.58 bits per heavy atom. The number of Topliss-reactive ketones (excluding diaryl/α,β-unsaturated/α-hetero) is 1. The number of fused-ring (bicyclic) bond motifs is 1. The van der Waals surface area contributed by atoms with Gasteiger partial charge in [-0.15, -0.1) is 0 Å². The molecule has 3 N–H and O–H groups in total. The summed E-state index contributed by atoms with van der Waals surface area (Å²) < 4.78 is 0. The van der Waals surface area contributed by atoms with Gasteiger partial charge in [0.2, 0.25) is 17.6 Å². The average molecular weight is 425 g/mol. The van der Waals surface area contributed by atoms with E-state index in [0.29, 0.717) is 25.8 Å². The third-order valence-electron chi connectivity index (χ3n) is 5.43. The van der Waals surface area contributed by atoms with E-state index in [0.717, 1.165) is 16.3 Å². The van der Waals surface area contributed by atoms with E-state index in [9.17, 15) is 24.3 Å². The Morgan fingerprint density at radius 2 is 1.87 bits per heavy atom. The first kappa shape index (κ1) is 22.4. The number of amides is 3. The minimum atomic E-state index is -1.30. The molecule has 0 radical (unpaired) electrons. The van der Waals surface area contributed by atoms with Crippen LogP contribution in [0.15, 0.2) is 42.5 Å². The van der Waals surface area contributed by atoms with Crippen LogP contribution in [0.3, 0.4) is 0 Å². The lowest BCUT2D eigenvalue weighted by Gasteiger charge is -2.25. The van der Waals surface area contributed by atoms with Crippen molar-refractivity contribution in [3.8, 4) is 0 Å². The van der Waals surface area contributed by atoms with Crippen LogP contribution >= 0.6 is 0 Å². The minimum absolute atomic E-state index is 0.283.